The Kier molecular flexibility index (Phi) is 7.35. The van der Waals surface area contributed by atoms with Crippen LogP contribution in [0.3, 0.4) is 0 Å². The number of benzene rings is 2. The number of nitrogens with zero attached hydrogens (tertiary/aromatic N) is 2. The summed E-state index contributed by atoms with van der Waals surface area (Å²) >= 11 is 0. The third-order valence-corrected chi connectivity index (χ3v) is 7.82. The van der Waals surface area contributed by atoms with Crippen LogP contribution < -0.4 is 16.7 Å². The highest BCUT2D eigenvalue weighted by Gasteiger charge is 2.29. The van der Waals surface area contributed by atoms with Gasteiger partial charge in [-0.15, -0.1) is 0 Å². The quantitative estimate of drug-likeness (QED) is 0.281. The fourth-order valence-electron chi connectivity index (χ4n) is 6.20. The first-order valence-corrected chi connectivity index (χ1v) is 13.7. The van der Waals surface area contributed by atoms with Crippen molar-refractivity contribution in [3.63, 3.8) is 0 Å². The highest BCUT2D eigenvalue weighted by atomic mass is 16.3. The van der Waals surface area contributed by atoms with Crippen LogP contribution in [0.2, 0.25) is 0 Å². The van der Waals surface area contributed by atoms with Crippen molar-refractivity contribution in [1.82, 2.24) is 24.4 Å². The number of hydrogen-bond donors (Lipinski definition) is 5. The van der Waals surface area contributed by atoms with Crippen LogP contribution in [-0.2, 0) is 13.1 Å². The molecule has 0 fully saturated rings. The Morgan fingerprint density at radius 2 is 1.37 bits per heavy atom. The van der Waals surface area contributed by atoms with Crippen molar-refractivity contribution >= 4 is 22.1 Å². The van der Waals surface area contributed by atoms with E-state index < -0.39 is 12.2 Å². The summed E-state index contributed by atoms with van der Waals surface area (Å²) in [5.41, 5.74) is 4.89. The lowest BCUT2D eigenvalue weighted by atomic mass is 9.86. The normalized spacial score (nSPS) is 22.9. The molecule has 4 aromatic rings. The average molecular weight is 522 g/mol. The van der Waals surface area contributed by atoms with Crippen molar-refractivity contribution in [3.8, 4) is 0 Å². The maximum Gasteiger partial charge on any atom is 0.326 e. The van der Waals surface area contributed by atoms with Crippen molar-refractivity contribution in [3.05, 3.63) is 68.5 Å². The predicted octanol–water partition coefficient (Wildman–Crippen LogP) is 3.56. The molecule has 2 aromatic heterocycles. The molecular weight excluding hydrogens is 482 g/mol. The van der Waals surface area contributed by atoms with Gasteiger partial charge in [-0.05, 0) is 43.2 Å². The van der Waals surface area contributed by atoms with Crippen molar-refractivity contribution < 1.29 is 10.2 Å². The van der Waals surface area contributed by atoms with Gasteiger partial charge in [0.05, 0.1) is 34.3 Å². The topological polar surface area (TPSA) is 128 Å². The third-order valence-electron chi connectivity index (χ3n) is 7.82. The van der Waals surface area contributed by atoms with E-state index in [-0.39, 0.29) is 23.3 Å². The zero-order valence-corrected chi connectivity index (χ0v) is 22.6. The van der Waals surface area contributed by atoms with E-state index in [0.29, 0.717) is 25.0 Å². The summed E-state index contributed by atoms with van der Waals surface area (Å²) in [7, 11) is 0. The van der Waals surface area contributed by atoms with Gasteiger partial charge in [0.1, 0.15) is 0 Å². The van der Waals surface area contributed by atoms with Crippen LogP contribution in [0, 0.1) is 11.8 Å². The Morgan fingerprint density at radius 3 is 1.89 bits per heavy atom. The Labute approximate surface area is 221 Å². The van der Waals surface area contributed by atoms with Gasteiger partial charge in [-0.25, -0.2) is 9.59 Å². The van der Waals surface area contributed by atoms with Gasteiger partial charge < -0.3 is 25.5 Å². The van der Waals surface area contributed by atoms with Gasteiger partial charge in [0.15, 0.2) is 0 Å². The highest BCUT2D eigenvalue weighted by molar-refractivity contribution is 5.80. The monoisotopic (exact) mass is 521 g/mol. The van der Waals surface area contributed by atoms with E-state index >= 15 is 0 Å². The number of hydrogen-bond acceptors (Lipinski definition) is 5. The van der Waals surface area contributed by atoms with Crippen molar-refractivity contribution in [2.45, 2.75) is 84.3 Å². The number of aryl methyl sites for hydroxylation is 2. The summed E-state index contributed by atoms with van der Waals surface area (Å²) in [6.07, 6.45) is 1.51. The van der Waals surface area contributed by atoms with Crippen molar-refractivity contribution in [2.24, 2.45) is 11.8 Å². The number of aromatic nitrogens is 4. The standard InChI is InChI=1S/C15H20N2O2.C14H19N3O2/c1-9(2)8-10-6-7-17-13-11(14(10)18)4-3-5-12(13)16-15(17)19;1-8(2)15-11-6-7-17-12-9(13(11)18)4-3-5-10(12)16-14(17)19/h3-5,9-10,14,18H,6-8H2,1-2H3,(H,16,19);3-5,8,11,13,15,18H,6-7H2,1-2H3,(H,16,19)/t10-,14-;11-,13-/m01/s1. The Hall–Kier alpha value is -3.14. The molecule has 0 unspecified atom stereocenters. The lowest BCUT2D eigenvalue weighted by Crippen LogP contribution is -2.39. The van der Waals surface area contributed by atoms with Crippen LogP contribution in [-0.4, -0.2) is 41.4 Å². The van der Waals surface area contributed by atoms with E-state index in [2.05, 4.69) is 43.0 Å². The molecule has 2 aromatic carbocycles. The first-order valence-electron chi connectivity index (χ1n) is 13.7. The molecule has 4 heterocycles. The van der Waals surface area contributed by atoms with Gasteiger partial charge in [-0.3, -0.25) is 9.13 Å². The first kappa shape index (κ1) is 26.5. The maximum absolute atomic E-state index is 12.0. The largest absolute Gasteiger partial charge is 0.388 e. The first-order chi connectivity index (χ1) is 18.2. The summed E-state index contributed by atoms with van der Waals surface area (Å²) in [5.74, 6) is 0.777. The van der Waals surface area contributed by atoms with Gasteiger partial charge in [-0.2, -0.15) is 0 Å². The van der Waals surface area contributed by atoms with Gasteiger partial charge in [0.25, 0.3) is 0 Å². The van der Waals surface area contributed by atoms with Crippen molar-refractivity contribution in [1.29, 1.82) is 0 Å². The molecule has 5 N–H and O–H groups in total. The number of para-hydroxylation sites is 2. The van der Waals surface area contributed by atoms with Gasteiger partial charge in [0.2, 0.25) is 0 Å². The molecular formula is C29H39N5O4. The van der Waals surface area contributed by atoms with E-state index in [1.165, 1.54) is 0 Å². The molecule has 2 aliphatic heterocycles. The number of nitrogens with one attached hydrogen (secondary N) is 3. The lowest BCUT2D eigenvalue weighted by Gasteiger charge is -2.24. The van der Waals surface area contributed by atoms with Crippen LogP contribution in [0.5, 0.6) is 0 Å². The SMILES string of the molecule is CC(C)C[C@@H]1CCn2c(=O)[nH]c3cccc(c32)[C@H]1O.CC(C)N[C@@H]1CCn2c(=O)[nH]c3cccc(c32)[C@H]1O. The zero-order valence-electron chi connectivity index (χ0n) is 22.6. The molecule has 0 bridgehead atoms. The molecule has 0 radical (unpaired) electrons. The molecule has 204 valence electrons. The molecule has 0 spiro atoms. The summed E-state index contributed by atoms with van der Waals surface area (Å²) in [6, 6.07) is 11.7. The molecule has 38 heavy (non-hydrogen) atoms. The number of H-pyrrole nitrogens is 2. The van der Waals surface area contributed by atoms with Gasteiger partial charge in [0, 0.05) is 36.3 Å². The molecule has 0 saturated heterocycles. The number of aromatic amines is 2. The van der Waals surface area contributed by atoms with Gasteiger partial charge >= 0.3 is 11.4 Å². The minimum absolute atomic E-state index is 0.0232. The number of aliphatic hydroxyl groups excluding tert-OH is 2. The second-order valence-corrected chi connectivity index (χ2v) is 11.4. The maximum atomic E-state index is 12.0. The predicted molar refractivity (Wildman–Crippen MR) is 149 cm³/mol. The number of rotatable bonds is 4. The van der Waals surface area contributed by atoms with Gasteiger partial charge in [-0.1, -0.05) is 52.0 Å². The summed E-state index contributed by atoms with van der Waals surface area (Å²) in [6.45, 7) is 9.77. The number of aliphatic hydroxyl groups is 2. The second kappa shape index (κ2) is 10.6. The van der Waals surface area contributed by atoms with Crippen LogP contribution in [0.15, 0.2) is 46.0 Å². The summed E-state index contributed by atoms with van der Waals surface area (Å²) in [4.78, 5) is 29.6. The molecule has 6 rings (SSSR count). The third kappa shape index (κ3) is 4.86. The number of imidazole rings is 2. The van der Waals surface area contributed by atoms with E-state index in [0.717, 1.165) is 52.5 Å². The molecule has 0 saturated carbocycles. The van der Waals surface area contributed by atoms with Crippen molar-refractivity contribution in [2.75, 3.05) is 0 Å². The molecule has 9 heteroatoms. The van der Waals surface area contributed by atoms with Crippen LogP contribution in [0.4, 0.5) is 0 Å². The van der Waals surface area contributed by atoms with E-state index in [1.807, 2.05) is 36.4 Å². The van der Waals surface area contributed by atoms with Crippen LogP contribution in [0.25, 0.3) is 22.1 Å². The molecule has 9 nitrogen and oxygen atoms in total. The minimum atomic E-state index is -0.588. The van der Waals surface area contributed by atoms with E-state index in [1.54, 1.807) is 9.13 Å². The summed E-state index contributed by atoms with van der Waals surface area (Å²) < 4.78 is 3.50. The Balaban J connectivity index is 0.000000155. The van der Waals surface area contributed by atoms with E-state index in [9.17, 15) is 19.8 Å². The average Bonchev–Trinajstić information content (AvgIpc) is 3.27. The Morgan fingerprint density at radius 1 is 0.842 bits per heavy atom. The smallest absolute Gasteiger partial charge is 0.326 e. The van der Waals surface area contributed by atoms with Crippen LogP contribution in [0.1, 0.15) is 70.3 Å². The molecule has 4 atom stereocenters. The van der Waals surface area contributed by atoms with Crippen LogP contribution >= 0.6 is 0 Å². The summed E-state index contributed by atoms with van der Waals surface area (Å²) in [5, 5.41) is 24.6. The molecule has 2 aliphatic rings. The lowest BCUT2D eigenvalue weighted by molar-refractivity contribution is 0.0914. The highest BCUT2D eigenvalue weighted by Crippen LogP contribution is 2.36. The second-order valence-electron chi connectivity index (χ2n) is 11.4. The fourth-order valence-corrected chi connectivity index (χ4v) is 6.20. The molecule has 0 amide bonds. The zero-order chi connectivity index (χ0) is 27.1. The van der Waals surface area contributed by atoms with E-state index in [4.69, 9.17) is 0 Å². The Bertz CT molecular complexity index is 1430. The molecule has 0 aliphatic carbocycles. The minimum Gasteiger partial charge on any atom is -0.388 e. The fraction of sp³-hybridized carbons (Fsp3) is 0.517.